The van der Waals surface area contributed by atoms with E-state index in [2.05, 4.69) is 0 Å². The summed E-state index contributed by atoms with van der Waals surface area (Å²) in [6, 6.07) is 0. The molecule has 0 aromatic carbocycles. The minimum Gasteiger partial charge on any atom is -0.479 e. The van der Waals surface area contributed by atoms with Gasteiger partial charge in [-0.2, -0.15) is 0 Å². The van der Waals surface area contributed by atoms with Crippen LogP contribution in [0.2, 0.25) is 0 Å². The van der Waals surface area contributed by atoms with Gasteiger partial charge in [-0.15, -0.1) is 0 Å². The van der Waals surface area contributed by atoms with Gasteiger partial charge in [0.1, 0.15) is 0 Å². The van der Waals surface area contributed by atoms with Crippen molar-refractivity contribution in [3.05, 3.63) is 0 Å². The molecule has 0 heterocycles. The van der Waals surface area contributed by atoms with Crippen LogP contribution >= 0.6 is 0 Å². The molecule has 1 N–H and O–H groups in total. The van der Waals surface area contributed by atoms with Crippen LogP contribution in [0.3, 0.4) is 0 Å². The van der Waals surface area contributed by atoms with Gasteiger partial charge in [-0.25, -0.2) is 35.5 Å². The highest BCUT2D eigenvalue weighted by molar-refractivity contribution is 5.79. The molecule has 3 atom stereocenters. The highest BCUT2D eigenvalue weighted by atomic mass is 19.3. The molecule has 0 saturated carbocycles. The van der Waals surface area contributed by atoms with Gasteiger partial charge in [-0.05, 0) is 0 Å². The predicted octanol–water partition coefficient (Wildman–Crippen LogP) is 3.16. The zero-order valence-electron chi connectivity index (χ0n) is 9.36. The predicted molar refractivity (Wildman–Crippen MR) is 47.1 cm³/mol. The summed E-state index contributed by atoms with van der Waals surface area (Å²) in [6.07, 6.45) is -9.84. The van der Waals surface area contributed by atoms with Crippen molar-refractivity contribution in [1.82, 2.24) is 0 Å². The summed E-state index contributed by atoms with van der Waals surface area (Å²) >= 11 is 0. The number of carboxylic acid groups (broad SMARTS) is 1. The van der Waals surface area contributed by atoms with Crippen molar-refractivity contribution in [1.29, 1.82) is 0 Å². The van der Waals surface area contributed by atoms with Crippen molar-refractivity contribution in [2.24, 2.45) is 0 Å². The maximum Gasteiger partial charge on any atom is 0.348 e. The Morgan fingerprint density at radius 1 is 1.11 bits per heavy atom. The van der Waals surface area contributed by atoms with Crippen LogP contribution in [0.1, 0.15) is 20.3 Å². The van der Waals surface area contributed by atoms with Crippen LogP contribution in [0.5, 0.6) is 0 Å². The summed E-state index contributed by atoms with van der Waals surface area (Å²) in [5.74, 6) is -12.2. The molecule has 0 aromatic rings. The average Bonchev–Trinajstić information content (AvgIpc) is 2.24. The average molecular weight is 284 g/mol. The summed E-state index contributed by atoms with van der Waals surface area (Å²) in [5.41, 5.74) is -5.03. The zero-order valence-corrected chi connectivity index (χ0v) is 9.36. The Labute approximate surface area is 97.8 Å². The largest absolute Gasteiger partial charge is 0.479 e. The normalized spacial score (nSPS) is 20.1. The van der Waals surface area contributed by atoms with Gasteiger partial charge >= 0.3 is 5.97 Å². The molecule has 0 amide bonds. The SMILES string of the molecule is CCC(F)(F)C(F)C(F)(C(=O)O)C(F)C(C)(F)F. The quantitative estimate of drug-likeness (QED) is 0.761. The van der Waals surface area contributed by atoms with Crippen molar-refractivity contribution in [3.63, 3.8) is 0 Å². The topological polar surface area (TPSA) is 37.3 Å². The third-order valence-electron chi connectivity index (χ3n) is 2.35. The number of hydrogen-bond donors (Lipinski definition) is 1. The highest BCUT2D eigenvalue weighted by Crippen LogP contribution is 2.42. The van der Waals surface area contributed by atoms with E-state index in [0.717, 1.165) is 0 Å². The molecule has 0 aromatic heterocycles. The van der Waals surface area contributed by atoms with Crippen molar-refractivity contribution >= 4 is 5.97 Å². The summed E-state index contributed by atoms with van der Waals surface area (Å²) in [7, 11) is 0. The molecule has 0 rings (SSSR count). The Kier molecular flexibility index (Phi) is 4.65. The second-order valence-electron chi connectivity index (χ2n) is 3.87. The molecule has 0 aliphatic carbocycles. The monoisotopic (exact) mass is 284 g/mol. The molecule has 9 heteroatoms. The molecule has 108 valence electrons. The second-order valence-corrected chi connectivity index (χ2v) is 3.87. The van der Waals surface area contributed by atoms with E-state index in [0.29, 0.717) is 6.92 Å². The van der Waals surface area contributed by atoms with E-state index in [4.69, 9.17) is 5.11 Å². The van der Waals surface area contributed by atoms with Gasteiger partial charge in [0.05, 0.1) is 0 Å². The lowest BCUT2D eigenvalue weighted by Gasteiger charge is -2.33. The van der Waals surface area contributed by atoms with Gasteiger partial charge in [0, 0.05) is 13.3 Å². The first-order chi connectivity index (χ1) is 7.81. The Hall–Kier alpha value is -1.02. The van der Waals surface area contributed by atoms with Gasteiger partial charge in [-0.1, -0.05) is 6.92 Å². The van der Waals surface area contributed by atoms with Gasteiger partial charge in [-0.3, -0.25) is 0 Å². The fourth-order valence-corrected chi connectivity index (χ4v) is 1.20. The molecule has 0 saturated heterocycles. The fraction of sp³-hybridized carbons (Fsp3) is 0.889. The van der Waals surface area contributed by atoms with Gasteiger partial charge in [0.25, 0.3) is 17.5 Å². The number of aliphatic carboxylic acids is 1. The molecule has 0 spiro atoms. The number of carbonyl (C=O) groups is 1. The van der Waals surface area contributed by atoms with Crippen molar-refractivity contribution in [3.8, 4) is 0 Å². The number of hydrogen-bond acceptors (Lipinski definition) is 1. The van der Waals surface area contributed by atoms with E-state index >= 15 is 0 Å². The number of halogens is 7. The highest BCUT2D eigenvalue weighted by Gasteiger charge is 2.68. The van der Waals surface area contributed by atoms with Crippen LogP contribution in [-0.4, -0.2) is 40.9 Å². The molecule has 18 heavy (non-hydrogen) atoms. The van der Waals surface area contributed by atoms with E-state index in [1.54, 1.807) is 0 Å². The van der Waals surface area contributed by atoms with Gasteiger partial charge in [0.15, 0.2) is 0 Å². The Balaban J connectivity index is 5.63. The van der Waals surface area contributed by atoms with E-state index < -0.39 is 42.2 Å². The molecule has 3 unspecified atom stereocenters. The first kappa shape index (κ1) is 17.0. The minimum atomic E-state index is -5.03. The molecule has 0 aliphatic rings. The van der Waals surface area contributed by atoms with Gasteiger partial charge < -0.3 is 5.11 Å². The standard InChI is InChI=1S/C9H11F7O2/c1-3-8(14,15)5(11)9(16,6(17)18)4(10)7(2,12)13/h4-5H,3H2,1-2H3,(H,17,18). The fourth-order valence-electron chi connectivity index (χ4n) is 1.20. The van der Waals surface area contributed by atoms with Crippen LogP contribution in [0.25, 0.3) is 0 Å². The first-order valence-corrected chi connectivity index (χ1v) is 4.77. The third kappa shape index (κ3) is 2.86. The summed E-state index contributed by atoms with van der Waals surface area (Å²) in [6.45, 7) is 0.442. The first-order valence-electron chi connectivity index (χ1n) is 4.77. The van der Waals surface area contributed by atoms with Crippen molar-refractivity contribution < 1.29 is 40.6 Å². The Morgan fingerprint density at radius 3 is 1.72 bits per heavy atom. The number of rotatable bonds is 6. The molecule has 0 radical (unpaired) electrons. The summed E-state index contributed by atoms with van der Waals surface area (Å²) in [5, 5.41) is 8.27. The lowest BCUT2D eigenvalue weighted by atomic mass is 9.86. The smallest absolute Gasteiger partial charge is 0.348 e. The van der Waals surface area contributed by atoms with Gasteiger partial charge in [0.2, 0.25) is 12.3 Å². The number of alkyl halides is 7. The van der Waals surface area contributed by atoms with E-state index in [-0.39, 0.29) is 6.92 Å². The molecular weight excluding hydrogens is 273 g/mol. The van der Waals surface area contributed by atoms with E-state index in [1.807, 2.05) is 0 Å². The Bertz CT molecular complexity index is 315. The van der Waals surface area contributed by atoms with Crippen LogP contribution in [0.15, 0.2) is 0 Å². The third-order valence-corrected chi connectivity index (χ3v) is 2.35. The number of carboxylic acids is 1. The lowest BCUT2D eigenvalue weighted by molar-refractivity contribution is -0.210. The van der Waals surface area contributed by atoms with E-state index in [1.165, 1.54) is 0 Å². The summed E-state index contributed by atoms with van der Waals surface area (Å²) in [4.78, 5) is 10.4. The summed E-state index contributed by atoms with van der Waals surface area (Å²) < 4.78 is 90.6. The molecule has 0 bridgehead atoms. The molecule has 2 nitrogen and oxygen atoms in total. The van der Waals surface area contributed by atoms with Crippen LogP contribution in [-0.2, 0) is 4.79 Å². The maximum atomic E-state index is 13.6. The van der Waals surface area contributed by atoms with Crippen LogP contribution in [0.4, 0.5) is 30.7 Å². The minimum absolute atomic E-state index is 0.230. The maximum absolute atomic E-state index is 13.6. The Morgan fingerprint density at radius 2 is 1.50 bits per heavy atom. The van der Waals surface area contributed by atoms with Crippen molar-refractivity contribution in [2.75, 3.05) is 0 Å². The molecule has 0 fully saturated rings. The lowest BCUT2D eigenvalue weighted by Crippen LogP contribution is -2.61. The van der Waals surface area contributed by atoms with Crippen LogP contribution < -0.4 is 0 Å². The van der Waals surface area contributed by atoms with E-state index in [9.17, 15) is 35.5 Å². The molecule has 0 aliphatic heterocycles. The second kappa shape index (κ2) is 4.93. The molecular formula is C9H11F7O2. The van der Waals surface area contributed by atoms with Crippen molar-refractivity contribution in [2.45, 2.75) is 50.1 Å². The van der Waals surface area contributed by atoms with Crippen LogP contribution in [0, 0.1) is 0 Å². The zero-order chi connectivity index (χ0) is 14.9.